The van der Waals surface area contributed by atoms with E-state index >= 15 is 0 Å². The van der Waals surface area contributed by atoms with Crippen molar-refractivity contribution < 1.29 is 14.9 Å². The minimum atomic E-state index is -0.408. The Bertz CT molecular complexity index is 170. The van der Waals surface area contributed by atoms with E-state index < -0.39 is 6.10 Å². The molecular weight excluding hydrogens is 158 g/mol. The van der Waals surface area contributed by atoms with Gasteiger partial charge in [0.2, 0.25) is 0 Å². The summed E-state index contributed by atoms with van der Waals surface area (Å²) in [5, 5.41) is 21.7. The van der Waals surface area contributed by atoms with Crippen molar-refractivity contribution in [2.75, 3.05) is 19.8 Å². The fourth-order valence-electron chi connectivity index (χ4n) is 1.57. The summed E-state index contributed by atoms with van der Waals surface area (Å²) < 4.78 is 5.09. The van der Waals surface area contributed by atoms with Crippen molar-refractivity contribution in [2.45, 2.75) is 30.5 Å². The van der Waals surface area contributed by atoms with Crippen LogP contribution in [0.15, 0.2) is 0 Å². The molecule has 4 heteroatoms. The van der Waals surface area contributed by atoms with Crippen molar-refractivity contribution in [1.82, 2.24) is 5.32 Å². The lowest BCUT2D eigenvalue weighted by atomic mass is 10.1. The van der Waals surface area contributed by atoms with E-state index in [1.165, 1.54) is 0 Å². The number of aliphatic hydroxyl groups excluding tert-OH is 2. The highest BCUT2D eigenvalue weighted by atomic mass is 16.5. The number of aliphatic hydroxyl groups is 2. The molecule has 1 aliphatic heterocycles. The highest BCUT2D eigenvalue weighted by Gasteiger charge is 2.45. The topological polar surface area (TPSA) is 61.7 Å². The molecule has 1 aliphatic carbocycles. The van der Waals surface area contributed by atoms with Crippen molar-refractivity contribution in [2.24, 2.45) is 0 Å². The zero-order chi connectivity index (χ0) is 8.60. The fourth-order valence-corrected chi connectivity index (χ4v) is 1.57. The zero-order valence-corrected chi connectivity index (χ0v) is 6.99. The lowest BCUT2D eigenvalue weighted by Crippen LogP contribution is -2.48. The molecule has 2 aliphatic rings. The summed E-state index contributed by atoms with van der Waals surface area (Å²) in [6, 6.07) is 0.0136. The van der Waals surface area contributed by atoms with E-state index in [9.17, 15) is 5.11 Å². The molecule has 12 heavy (non-hydrogen) atoms. The summed E-state index contributed by atoms with van der Waals surface area (Å²) in [5.74, 6) is 0. The molecule has 1 saturated carbocycles. The number of hydrogen-bond donors (Lipinski definition) is 3. The normalized spacial score (nSPS) is 38.5. The zero-order valence-electron chi connectivity index (χ0n) is 6.99. The van der Waals surface area contributed by atoms with Crippen molar-refractivity contribution in [3.8, 4) is 0 Å². The number of ether oxygens (including phenoxy) is 1. The van der Waals surface area contributed by atoms with E-state index in [4.69, 9.17) is 9.84 Å². The van der Waals surface area contributed by atoms with Gasteiger partial charge in [0.05, 0.1) is 32.0 Å². The van der Waals surface area contributed by atoms with Gasteiger partial charge in [-0.25, -0.2) is 0 Å². The van der Waals surface area contributed by atoms with Crippen molar-refractivity contribution in [3.05, 3.63) is 0 Å². The quantitative estimate of drug-likeness (QED) is 0.505. The summed E-state index contributed by atoms with van der Waals surface area (Å²) >= 11 is 0. The Morgan fingerprint density at radius 1 is 1.42 bits per heavy atom. The van der Waals surface area contributed by atoms with Crippen LogP contribution in [0.2, 0.25) is 0 Å². The molecule has 0 aromatic carbocycles. The van der Waals surface area contributed by atoms with Gasteiger partial charge >= 0.3 is 0 Å². The third-order valence-electron chi connectivity index (χ3n) is 2.70. The molecule has 0 radical (unpaired) electrons. The van der Waals surface area contributed by atoms with Gasteiger partial charge in [0, 0.05) is 5.54 Å². The first-order chi connectivity index (χ1) is 5.76. The van der Waals surface area contributed by atoms with Gasteiger partial charge in [-0.15, -0.1) is 0 Å². The van der Waals surface area contributed by atoms with Crippen LogP contribution < -0.4 is 5.32 Å². The molecule has 2 rings (SSSR count). The second-order valence-electron chi connectivity index (χ2n) is 3.79. The number of nitrogens with one attached hydrogen (secondary N) is 1. The van der Waals surface area contributed by atoms with Crippen LogP contribution in [0.5, 0.6) is 0 Å². The molecule has 0 amide bonds. The molecule has 1 saturated heterocycles. The molecular formula is C8H15NO3. The first-order valence-electron chi connectivity index (χ1n) is 4.40. The first kappa shape index (κ1) is 8.44. The smallest absolute Gasteiger partial charge is 0.0948 e. The van der Waals surface area contributed by atoms with Crippen LogP contribution in [0, 0.1) is 0 Å². The molecule has 2 unspecified atom stereocenters. The maximum absolute atomic E-state index is 9.41. The summed E-state index contributed by atoms with van der Waals surface area (Å²) in [7, 11) is 0. The molecule has 0 aromatic heterocycles. The van der Waals surface area contributed by atoms with Gasteiger partial charge in [-0.3, -0.25) is 0 Å². The monoisotopic (exact) mass is 173 g/mol. The highest BCUT2D eigenvalue weighted by Crippen LogP contribution is 2.35. The second kappa shape index (κ2) is 2.96. The van der Waals surface area contributed by atoms with E-state index in [0.29, 0.717) is 13.2 Å². The van der Waals surface area contributed by atoms with Crippen LogP contribution >= 0.6 is 0 Å². The van der Waals surface area contributed by atoms with Crippen LogP contribution in [0.25, 0.3) is 0 Å². The number of rotatable bonds is 3. The molecule has 2 atom stereocenters. The molecule has 2 fully saturated rings. The minimum Gasteiger partial charge on any atom is -0.394 e. The lowest BCUT2D eigenvalue weighted by molar-refractivity contribution is 0.117. The van der Waals surface area contributed by atoms with Crippen molar-refractivity contribution in [3.63, 3.8) is 0 Å². The van der Waals surface area contributed by atoms with Crippen LogP contribution in [0.4, 0.5) is 0 Å². The van der Waals surface area contributed by atoms with Gasteiger partial charge in [-0.1, -0.05) is 0 Å². The molecule has 70 valence electrons. The predicted molar refractivity (Wildman–Crippen MR) is 42.8 cm³/mol. The van der Waals surface area contributed by atoms with Crippen molar-refractivity contribution >= 4 is 0 Å². The predicted octanol–water partition coefficient (Wildman–Crippen LogP) is -1.14. The Kier molecular flexibility index (Phi) is 2.08. The fraction of sp³-hybridized carbons (Fsp3) is 1.00. The largest absolute Gasteiger partial charge is 0.394 e. The molecule has 0 bridgehead atoms. The summed E-state index contributed by atoms with van der Waals surface area (Å²) in [5.41, 5.74) is -0.0979. The van der Waals surface area contributed by atoms with E-state index in [1.54, 1.807) is 0 Å². The lowest BCUT2D eigenvalue weighted by Gasteiger charge is -2.21. The SMILES string of the molecule is OCC1(NC2COCC2O)CC1. The Labute approximate surface area is 71.5 Å². The maximum Gasteiger partial charge on any atom is 0.0948 e. The maximum atomic E-state index is 9.41. The van der Waals surface area contributed by atoms with Crippen LogP contribution in [0.3, 0.4) is 0 Å². The Morgan fingerprint density at radius 2 is 2.17 bits per heavy atom. The van der Waals surface area contributed by atoms with E-state index in [-0.39, 0.29) is 18.2 Å². The second-order valence-corrected chi connectivity index (χ2v) is 3.79. The molecule has 4 nitrogen and oxygen atoms in total. The summed E-state index contributed by atoms with van der Waals surface area (Å²) in [6.07, 6.45) is 1.61. The molecule has 0 aromatic rings. The standard InChI is InChI=1S/C8H15NO3/c10-5-8(1-2-8)9-6-3-12-4-7(6)11/h6-7,9-11H,1-5H2. The highest BCUT2D eigenvalue weighted by molar-refractivity contribution is 5.04. The van der Waals surface area contributed by atoms with Crippen LogP contribution in [-0.4, -0.2) is 47.7 Å². The van der Waals surface area contributed by atoms with E-state index in [0.717, 1.165) is 12.8 Å². The summed E-state index contributed by atoms with van der Waals surface area (Å²) in [4.78, 5) is 0. The minimum absolute atomic E-state index is 0.0136. The number of hydrogen-bond acceptors (Lipinski definition) is 4. The van der Waals surface area contributed by atoms with Crippen molar-refractivity contribution in [1.29, 1.82) is 0 Å². The Balaban J connectivity index is 1.86. The van der Waals surface area contributed by atoms with E-state index in [2.05, 4.69) is 5.32 Å². The third-order valence-corrected chi connectivity index (χ3v) is 2.70. The first-order valence-corrected chi connectivity index (χ1v) is 4.40. The third kappa shape index (κ3) is 1.47. The average molecular weight is 173 g/mol. The van der Waals surface area contributed by atoms with Crippen LogP contribution in [-0.2, 0) is 4.74 Å². The average Bonchev–Trinajstić information content (AvgIpc) is 2.74. The van der Waals surface area contributed by atoms with Gasteiger partial charge in [0.1, 0.15) is 0 Å². The van der Waals surface area contributed by atoms with Gasteiger partial charge in [0.25, 0.3) is 0 Å². The molecule has 0 spiro atoms. The van der Waals surface area contributed by atoms with Gasteiger partial charge < -0.3 is 20.3 Å². The van der Waals surface area contributed by atoms with Gasteiger partial charge in [-0.05, 0) is 12.8 Å². The summed E-state index contributed by atoms with van der Waals surface area (Å²) in [6.45, 7) is 1.14. The molecule has 1 heterocycles. The van der Waals surface area contributed by atoms with Gasteiger partial charge in [0.15, 0.2) is 0 Å². The Morgan fingerprint density at radius 3 is 2.58 bits per heavy atom. The Hall–Kier alpha value is -0.160. The van der Waals surface area contributed by atoms with E-state index in [1.807, 2.05) is 0 Å². The van der Waals surface area contributed by atoms with Gasteiger partial charge in [-0.2, -0.15) is 0 Å². The van der Waals surface area contributed by atoms with Crippen LogP contribution in [0.1, 0.15) is 12.8 Å². The molecule has 3 N–H and O–H groups in total.